The third kappa shape index (κ3) is 3.99. The molecule has 0 atom stereocenters. The fraction of sp³-hybridized carbons (Fsp3) is 0.462. The Labute approximate surface area is 111 Å². The van der Waals surface area contributed by atoms with Crippen LogP contribution in [0, 0.1) is 5.82 Å². The van der Waals surface area contributed by atoms with E-state index < -0.39 is 11.8 Å². The minimum atomic E-state index is -0.452. The number of morpholine rings is 1. The highest BCUT2D eigenvalue weighted by Gasteiger charge is 2.16. The molecular weight excluding hydrogens is 251 g/mol. The van der Waals surface area contributed by atoms with Crippen LogP contribution in [0.3, 0.4) is 0 Å². The molecule has 0 saturated carbocycles. The van der Waals surface area contributed by atoms with Crippen molar-refractivity contribution in [1.82, 2.24) is 4.90 Å². The zero-order valence-electron chi connectivity index (χ0n) is 10.6. The molecule has 1 heterocycles. The Balaban J connectivity index is 1.95. The molecule has 5 nitrogen and oxygen atoms in total. The molecule has 1 aromatic carbocycles. The highest BCUT2D eigenvalue weighted by atomic mass is 19.1. The highest BCUT2D eigenvalue weighted by molar-refractivity contribution is 5.74. The Morgan fingerprint density at radius 1 is 1.42 bits per heavy atom. The van der Waals surface area contributed by atoms with Gasteiger partial charge in [0.05, 0.1) is 19.8 Å². The lowest BCUT2D eigenvalue weighted by Crippen LogP contribution is -2.40. The SMILES string of the molecule is NCc1ccc(F)cc1OC(=O)CN1CCOCC1. The summed E-state index contributed by atoms with van der Waals surface area (Å²) in [5.41, 5.74) is 6.13. The van der Waals surface area contributed by atoms with Gasteiger partial charge >= 0.3 is 5.97 Å². The topological polar surface area (TPSA) is 64.8 Å². The van der Waals surface area contributed by atoms with Crippen LogP contribution in [0.1, 0.15) is 5.56 Å². The molecule has 1 saturated heterocycles. The molecule has 19 heavy (non-hydrogen) atoms. The summed E-state index contributed by atoms with van der Waals surface area (Å²) >= 11 is 0. The van der Waals surface area contributed by atoms with Crippen LogP contribution in [0.5, 0.6) is 5.75 Å². The first-order chi connectivity index (χ1) is 9.19. The summed E-state index contributed by atoms with van der Waals surface area (Å²) in [4.78, 5) is 13.7. The molecule has 0 aromatic heterocycles. The van der Waals surface area contributed by atoms with Crippen LogP contribution in [-0.2, 0) is 16.1 Å². The van der Waals surface area contributed by atoms with E-state index >= 15 is 0 Å². The van der Waals surface area contributed by atoms with Crippen molar-refractivity contribution < 1.29 is 18.7 Å². The van der Waals surface area contributed by atoms with E-state index in [2.05, 4.69) is 0 Å². The number of benzene rings is 1. The fourth-order valence-electron chi connectivity index (χ4n) is 1.89. The Bertz CT molecular complexity index is 448. The maximum atomic E-state index is 13.1. The molecule has 0 unspecified atom stereocenters. The number of rotatable bonds is 4. The van der Waals surface area contributed by atoms with Crippen molar-refractivity contribution in [2.45, 2.75) is 6.54 Å². The minimum absolute atomic E-state index is 0.171. The fourth-order valence-corrected chi connectivity index (χ4v) is 1.89. The first-order valence-corrected chi connectivity index (χ1v) is 6.18. The van der Waals surface area contributed by atoms with Crippen LogP contribution in [-0.4, -0.2) is 43.7 Å². The Morgan fingerprint density at radius 2 is 2.16 bits per heavy atom. The van der Waals surface area contributed by atoms with Gasteiger partial charge in [-0.3, -0.25) is 9.69 Å². The molecule has 1 aliphatic rings. The number of nitrogens with two attached hydrogens (primary N) is 1. The molecule has 2 N–H and O–H groups in total. The van der Waals surface area contributed by atoms with Gasteiger partial charge < -0.3 is 15.2 Å². The van der Waals surface area contributed by atoms with Gasteiger partial charge in [-0.15, -0.1) is 0 Å². The summed E-state index contributed by atoms with van der Waals surface area (Å²) in [5, 5.41) is 0. The molecule has 0 spiro atoms. The number of carbonyl (C=O) groups is 1. The van der Waals surface area contributed by atoms with Gasteiger partial charge in [-0.2, -0.15) is 0 Å². The lowest BCUT2D eigenvalue weighted by atomic mass is 10.2. The minimum Gasteiger partial charge on any atom is -0.425 e. The highest BCUT2D eigenvalue weighted by Crippen LogP contribution is 2.19. The zero-order chi connectivity index (χ0) is 13.7. The van der Waals surface area contributed by atoms with Gasteiger partial charge in [0.1, 0.15) is 11.6 Å². The zero-order valence-corrected chi connectivity index (χ0v) is 10.6. The van der Waals surface area contributed by atoms with E-state index in [1.165, 1.54) is 18.2 Å². The molecule has 0 bridgehead atoms. The summed E-state index contributed by atoms with van der Waals surface area (Å²) in [6.45, 7) is 2.98. The summed E-state index contributed by atoms with van der Waals surface area (Å²) in [6, 6.07) is 3.99. The van der Waals surface area contributed by atoms with Crippen LogP contribution < -0.4 is 10.5 Å². The summed E-state index contributed by atoms with van der Waals surface area (Å²) in [5.74, 6) is -0.672. The quantitative estimate of drug-likeness (QED) is 0.637. The smallest absolute Gasteiger partial charge is 0.325 e. The van der Waals surface area contributed by atoms with Crippen molar-refractivity contribution in [2.75, 3.05) is 32.8 Å². The van der Waals surface area contributed by atoms with E-state index in [1.54, 1.807) is 0 Å². The largest absolute Gasteiger partial charge is 0.425 e. The van der Waals surface area contributed by atoms with Gasteiger partial charge in [-0.25, -0.2) is 4.39 Å². The van der Waals surface area contributed by atoms with Gasteiger partial charge in [-0.05, 0) is 6.07 Å². The van der Waals surface area contributed by atoms with Gasteiger partial charge in [0.25, 0.3) is 0 Å². The van der Waals surface area contributed by atoms with Crippen LogP contribution in [0.4, 0.5) is 4.39 Å². The van der Waals surface area contributed by atoms with Crippen molar-refractivity contribution in [3.05, 3.63) is 29.6 Å². The van der Waals surface area contributed by atoms with Crippen molar-refractivity contribution in [3.8, 4) is 5.75 Å². The molecule has 0 amide bonds. The monoisotopic (exact) mass is 268 g/mol. The molecule has 0 radical (unpaired) electrons. The van der Waals surface area contributed by atoms with E-state index in [4.69, 9.17) is 15.2 Å². The second-order valence-electron chi connectivity index (χ2n) is 4.32. The van der Waals surface area contributed by atoms with Crippen molar-refractivity contribution in [1.29, 1.82) is 0 Å². The number of esters is 1. The van der Waals surface area contributed by atoms with Crippen LogP contribution >= 0.6 is 0 Å². The average Bonchev–Trinajstić information content (AvgIpc) is 2.40. The molecule has 104 valence electrons. The summed E-state index contributed by atoms with van der Waals surface area (Å²) in [7, 11) is 0. The van der Waals surface area contributed by atoms with Crippen LogP contribution in [0.25, 0.3) is 0 Å². The van der Waals surface area contributed by atoms with Crippen LogP contribution in [0.2, 0.25) is 0 Å². The van der Waals surface area contributed by atoms with Gasteiger partial charge in [-0.1, -0.05) is 6.07 Å². The standard InChI is InChI=1S/C13H17FN2O3/c14-11-2-1-10(8-15)12(7-11)19-13(17)9-16-3-5-18-6-4-16/h1-2,7H,3-6,8-9,15H2. The molecule has 0 aliphatic carbocycles. The molecule has 6 heteroatoms. The third-order valence-electron chi connectivity index (χ3n) is 2.93. The van der Waals surface area contributed by atoms with E-state index in [-0.39, 0.29) is 18.8 Å². The second-order valence-corrected chi connectivity index (χ2v) is 4.32. The van der Waals surface area contributed by atoms with Crippen molar-refractivity contribution >= 4 is 5.97 Å². The number of hydrogen-bond acceptors (Lipinski definition) is 5. The molecule has 2 rings (SSSR count). The third-order valence-corrected chi connectivity index (χ3v) is 2.93. The van der Waals surface area contributed by atoms with E-state index in [0.29, 0.717) is 31.9 Å². The second kappa shape index (κ2) is 6.60. The average molecular weight is 268 g/mol. The lowest BCUT2D eigenvalue weighted by molar-refractivity contribution is -0.136. The number of carbonyl (C=O) groups excluding carboxylic acids is 1. The Kier molecular flexibility index (Phi) is 4.84. The van der Waals surface area contributed by atoms with E-state index in [0.717, 1.165) is 0 Å². The van der Waals surface area contributed by atoms with Crippen molar-refractivity contribution in [2.24, 2.45) is 5.73 Å². The molecular formula is C13H17FN2O3. The van der Waals surface area contributed by atoms with Gasteiger partial charge in [0.2, 0.25) is 0 Å². The lowest BCUT2D eigenvalue weighted by Gasteiger charge is -2.25. The number of halogens is 1. The molecule has 1 fully saturated rings. The summed E-state index contributed by atoms with van der Waals surface area (Å²) < 4.78 is 23.5. The normalized spacial score (nSPS) is 16.3. The molecule has 1 aromatic rings. The number of ether oxygens (including phenoxy) is 2. The Morgan fingerprint density at radius 3 is 2.84 bits per heavy atom. The van der Waals surface area contributed by atoms with E-state index in [1.807, 2.05) is 4.90 Å². The maximum absolute atomic E-state index is 13.1. The first-order valence-electron chi connectivity index (χ1n) is 6.18. The number of hydrogen-bond donors (Lipinski definition) is 1. The van der Waals surface area contributed by atoms with Gasteiger partial charge in [0, 0.05) is 31.3 Å². The maximum Gasteiger partial charge on any atom is 0.325 e. The first kappa shape index (κ1) is 13.9. The Hall–Kier alpha value is -1.50. The van der Waals surface area contributed by atoms with E-state index in [9.17, 15) is 9.18 Å². The predicted octanol–water partition coefficient (Wildman–Crippen LogP) is 0.522. The number of nitrogens with zero attached hydrogens (tertiary/aromatic N) is 1. The predicted molar refractivity (Wildman–Crippen MR) is 67.2 cm³/mol. The molecule has 1 aliphatic heterocycles. The van der Waals surface area contributed by atoms with Crippen LogP contribution in [0.15, 0.2) is 18.2 Å². The summed E-state index contributed by atoms with van der Waals surface area (Å²) in [6.07, 6.45) is 0. The van der Waals surface area contributed by atoms with Gasteiger partial charge in [0.15, 0.2) is 0 Å². The van der Waals surface area contributed by atoms with Crippen molar-refractivity contribution in [3.63, 3.8) is 0 Å².